The molecule has 0 spiro atoms. The number of non-ortho nitro benzene ring substituents is 1. The van der Waals surface area contributed by atoms with E-state index in [9.17, 15) is 14.9 Å². The Kier molecular flexibility index (Phi) is 2.95. The Morgan fingerprint density at radius 1 is 1.65 bits per heavy atom. The van der Waals surface area contributed by atoms with E-state index in [4.69, 9.17) is 9.47 Å². The lowest BCUT2D eigenvalue weighted by atomic mass is 10.1. The first-order chi connectivity index (χ1) is 8.11. The third kappa shape index (κ3) is 2.20. The van der Waals surface area contributed by atoms with Crippen molar-refractivity contribution in [1.82, 2.24) is 0 Å². The molecule has 1 aromatic rings. The molecule has 6 nitrogen and oxygen atoms in total. The van der Waals surface area contributed by atoms with E-state index in [-0.39, 0.29) is 12.3 Å². The van der Waals surface area contributed by atoms with Crippen LogP contribution >= 0.6 is 0 Å². The molecule has 1 aromatic carbocycles. The average Bonchev–Trinajstić information content (AvgIpc) is 2.71. The van der Waals surface area contributed by atoms with Crippen LogP contribution in [-0.2, 0) is 16.0 Å². The van der Waals surface area contributed by atoms with Crippen molar-refractivity contribution in [1.29, 1.82) is 0 Å². The summed E-state index contributed by atoms with van der Waals surface area (Å²) in [5.41, 5.74) is 0.661. The molecule has 0 N–H and O–H groups in total. The zero-order chi connectivity index (χ0) is 12.4. The van der Waals surface area contributed by atoms with Gasteiger partial charge in [0.05, 0.1) is 11.5 Å². The van der Waals surface area contributed by atoms with E-state index < -0.39 is 17.0 Å². The summed E-state index contributed by atoms with van der Waals surface area (Å²) >= 11 is 0. The van der Waals surface area contributed by atoms with Gasteiger partial charge in [-0.05, 0) is 13.0 Å². The molecule has 2 rings (SSSR count). The first-order valence-corrected chi connectivity index (χ1v) is 5.22. The molecule has 0 aliphatic carbocycles. The van der Waals surface area contributed by atoms with Crippen LogP contribution in [0.15, 0.2) is 18.2 Å². The summed E-state index contributed by atoms with van der Waals surface area (Å²) in [6.45, 7) is 2.00. The van der Waals surface area contributed by atoms with Crippen LogP contribution in [0, 0.1) is 10.1 Å². The minimum Gasteiger partial charge on any atom is -0.478 e. The molecular formula is C11H11NO5. The Balaban J connectivity index is 2.16. The highest BCUT2D eigenvalue weighted by molar-refractivity contribution is 5.77. The Labute approximate surface area is 97.3 Å². The molecular weight excluding hydrogens is 226 g/mol. The monoisotopic (exact) mass is 237 g/mol. The van der Waals surface area contributed by atoms with Gasteiger partial charge in [0.25, 0.3) is 5.69 Å². The fourth-order valence-corrected chi connectivity index (χ4v) is 1.72. The van der Waals surface area contributed by atoms with E-state index in [1.165, 1.54) is 18.2 Å². The summed E-state index contributed by atoms with van der Waals surface area (Å²) in [5, 5.41) is 10.6. The van der Waals surface area contributed by atoms with E-state index in [1.54, 1.807) is 6.92 Å². The number of carbonyl (C=O) groups excluding carboxylic acids is 1. The van der Waals surface area contributed by atoms with Gasteiger partial charge in [-0.2, -0.15) is 0 Å². The summed E-state index contributed by atoms with van der Waals surface area (Å²) in [5.74, 6) is 0.0695. The van der Waals surface area contributed by atoms with Crippen molar-refractivity contribution in [3.8, 4) is 5.75 Å². The molecule has 0 saturated carbocycles. The number of ether oxygens (including phenoxy) is 2. The van der Waals surface area contributed by atoms with Gasteiger partial charge in [-0.15, -0.1) is 0 Å². The maximum atomic E-state index is 11.5. The lowest BCUT2D eigenvalue weighted by Gasteiger charge is -2.08. The minimum absolute atomic E-state index is 0.00291. The van der Waals surface area contributed by atoms with Crippen molar-refractivity contribution >= 4 is 11.7 Å². The number of hydrogen-bond donors (Lipinski definition) is 0. The Bertz CT molecular complexity index is 471. The van der Waals surface area contributed by atoms with Crippen molar-refractivity contribution in [3.05, 3.63) is 33.9 Å². The lowest BCUT2D eigenvalue weighted by molar-refractivity contribution is -0.384. The first-order valence-electron chi connectivity index (χ1n) is 5.22. The van der Waals surface area contributed by atoms with Gasteiger partial charge in [-0.25, -0.2) is 4.79 Å². The normalized spacial score (nSPS) is 17.1. The van der Waals surface area contributed by atoms with Gasteiger partial charge >= 0.3 is 5.97 Å². The third-order valence-electron chi connectivity index (χ3n) is 2.48. The molecule has 1 aliphatic heterocycles. The van der Waals surface area contributed by atoms with Gasteiger partial charge in [-0.1, -0.05) is 0 Å². The van der Waals surface area contributed by atoms with E-state index in [2.05, 4.69) is 0 Å². The highest BCUT2D eigenvalue weighted by atomic mass is 16.6. The van der Waals surface area contributed by atoms with Crippen LogP contribution in [0.1, 0.15) is 12.5 Å². The van der Waals surface area contributed by atoms with E-state index in [1.807, 2.05) is 0 Å². The van der Waals surface area contributed by atoms with Gasteiger partial charge in [0.15, 0.2) is 6.10 Å². The van der Waals surface area contributed by atoms with Crippen molar-refractivity contribution < 1.29 is 19.2 Å². The van der Waals surface area contributed by atoms with Gasteiger partial charge in [0.2, 0.25) is 0 Å². The van der Waals surface area contributed by atoms with Crippen LogP contribution < -0.4 is 4.74 Å². The molecule has 0 saturated heterocycles. The largest absolute Gasteiger partial charge is 0.478 e. The summed E-state index contributed by atoms with van der Waals surface area (Å²) in [7, 11) is 0. The zero-order valence-electron chi connectivity index (χ0n) is 9.21. The number of rotatable bonds is 3. The van der Waals surface area contributed by atoms with Gasteiger partial charge in [0.1, 0.15) is 5.75 Å². The summed E-state index contributed by atoms with van der Waals surface area (Å²) in [4.78, 5) is 21.6. The molecule has 0 radical (unpaired) electrons. The fraction of sp³-hybridized carbons (Fsp3) is 0.364. The smallest absolute Gasteiger partial charge is 0.347 e. The van der Waals surface area contributed by atoms with Gasteiger partial charge < -0.3 is 9.47 Å². The van der Waals surface area contributed by atoms with Crippen molar-refractivity contribution in [2.45, 2.75) is 19.4 Å². The molecule has 1 atom stereocenters. The van der Waals surface area contributed by atoms with Crippen molar-refractivity contribution in [2.24, 2.45) is 0 Å². The molecule has 0 bridgehead atoms. The number of benzene rings is 1. The molecule has 6 heteroatoms. The predicted molar refractivity (Wildman–Crippen MR) is 57.8 cm³/mol. The number of nitro benzene ring substituents is 1. The number of hydrogen-bond acceptors (Lipinski definition) is 5. The molecule has 0 amide bonds. The molecule has 0 aromatic heterocycles. The topological polar surface area (TPSA) is 78.7 Å². The summed E-state index contributed by atoms with van der Waals surface area (Å²) < 4.78 is 10.2. The molecule has 17 heavy (non-hydrogen) atoms. The summed E-state index contributed by atoms with van der Waals surface area (Å²) in [6.07, 6.45) is -0.373. The SMILES string of the molecule is CCOC(=O)C1Cc2cc([N+](=O)[O-])ccc2O1. The number of fused-ring (bicyclic) bond motifs is 1. The Morgan fingerprint density at radius 3 is 3.06 bits per heavy atom. The number of carbonyl (C=O) groups is 1. The van der Waals surface area contributed by atoms with Crippen LogP contribution in [0.25, 0.3) is 0 Å². The van der Waals surface area contributed by atoms with Gasteiger partial charge in [-0.3, -0.25) is 10.1 Å². The predicted octanol–water partition coefficient (Wildman–Crippen LogP) is 1.46. The second kappa shape index (κ2) is 4.40. The maximum absolute atomic E-state index is 11.5. The molecule has 1 unspecified atom stereocenters. The fourth-order valence-electron chi connectivity index (χ4n) is 1.72. The average molecular weight is 237 g/mol. The molecule has 1 aliphatic rings. The molecule has 90 valence electrons. The van der Waals surface area contributed by atoms with Crippen LogP contribution in [0.3, 0.4) is 0 Å². The number of nitrogens with zero attached hydrogens (tertiary/aromatic N) is 1. The number of nitro groups is 1. The molecule has 0 fully saturated rings. The Morgan fingerprint density at radius 2 is 2.41 bits per heavy atom. The highest BCUT2D eigenvalue weighted by Crippen LogP contribution is 2.32. The maximum Gasteiger partial charge on any atom is 0.347 e. The zero-order valence-corrected chi connectivity index (χ0v) is 9.21. The Hall–Kier alpha value is -2.11. The van der Waals surface area contributed by atoms with Gasteiger partial charge in [0, 0.05) is 24.1 Å². The lowest BCUT2D eigenvalue weighted by Crippen LogP contribution is -2.27. The van der Waals surface area contributed by atoms with Crippen LogP contribution in [0.4, 0.5) is 5.69 Å². The minimum atomic E-state index is -0.688. The summed E-state index contributed by atoms with van der Waals surface area (Å²) in [6, 6.07) is 4.29. The standard InChI is InChI=1S/C11H11NO5/c1-2-16-11(13)10-6-7-5-8(12(14)15)3-4-9(7)17-10/h3-5,10H,2,6H2,1H3. The quantitative estimate of drug-likeness (QED) is 0.451. The second-order valence-corrected chi connectivity index (χ2v) is 3.61. The van der Waals surface area contributed by atoms with Crippen LogP contribution in [-0.4, -0.2) is 23.6 Å². The first kappa shape index (κ1) is 11.4. The van der Waals surface area contributed by atoms with E-state index >= 15 is 0 Å². The molecule has 1 heterocycles. The highest BCUT2D eigenvalue weighted by Gasteiger charge is 2.31. The van der Waals surface area contributed by atoms with Crippen LogP contribution in [0.5, 0.6) is 5.75 Å². The van der Waals surface area contributed by atoms with E-state index in [0.29, 0.717) is 17.7 Å². The van der Waals surface area contributed by atoms with Crippen molar-refractivity contribution in [3.63, 3.8) is 0 Å². The van der Waals surface area contributed by atoms with Crippen molar-refractivity contribution in [2.75, 3.05) is 6.61 Å². The van der Waals surface area contributed by atoms with Crippen LogP contribution in [0.2, 0.25) is 0 Å². The third-order valence-corrected chi connectivity index (χ3v) is 2.48. The second-order valence-electron chi connectivity index (χ2n) is 3.61. The van der Waals surface area contributed by atoms with E-state index in [0.717, 1.165) is 0 Å². The number of esters is 1.